The molecule has 1 aromatic heterocycles. The quantitative estimate of drug-likeness (QED) is 0.748. The average Bonchev–Trinajstić information content (AvgIpc) is 2.68. The lowest BCUT2D eigenvalue weighted by Gasteiger charge is -2.36. The number of hydrogen-bond donors (Lipinski definition) is 0. The molecule has 4 nitrogen and oxygen atoms in total. The van der Waals surface area contributed by atoms with E-state index in [4.69, 9.17) is 0 Å². The number of nitrogens with zero attached hydrogens (tertiary/aromatic N) is 3. The zero-order valence-corrected chi connectivity index (χ0v) is 16.8. The number of likely N-dealkylation sites (tertiary alicyclic amines) is 1. The second-order valence-corrected chi connectivity index (χ2v) is 8.64. The summed E-state index contributed by atoms with van der Waals surface area (Å²) in [4.78, 5) is 23.6. The summed E-state index contributed by atoms with van der Waals surface area (Å²) in [5, 5.41) is 0. The van der Waals surface area contributed by atoms with Crippen LogP contribution in [0.3, 0.4) is 0 Å². The standard InChI is InChI=1S/C22H35N3O/c1-4-21(26)19-7-5-17(6-8-19)15-25-11-9-18(10-12-25)20-13-23-22(16(2)3)24-14-20/h13-14,16-19H,4-12,15H2,1-3H3. The molecule has 0 amide bonds. The van der Waals surface area contributed by atoms with E-state index in [0.717, 1.165) is 24.6 Å². The van der Waals surface area contributed by atoms with Crippen LogP contribution < -0.4 is 0 Å². The van der Waals surface area contributed by atoms with E-state index in [0.29, 0.717) is 30.0 Å². The van der Waals surface area contributed by atoms with Gasteiger partial charge in [0, 0.05) is 37.2 Å². The number of rotatable bonds is 6. The Hall–Kier alpha value is -1.29. The molecule has 0 spiro atoms. The molecule has 144 valence electrons. The van der Waals surface area contributed by atoms with Crippen LogP contribution in [0.25, 0.3) is 0 Å². The summed E-state index contributed by atoms with van der Waals surface area (Å²) in [6, 6.07) is 0. The van der Waals surface area contributed by atoms with E-state index in [1.807, 2.05) is 6.92 Å². The molecule has 0 unspecified atom stereocenters. The molecule has 1 saturated carbocycles. The van der Waals surface area contributed by atoms with E-state index in [-0.39, 0.29) is 0 Å². The summed E-state index contributed by atoms with van der Waals surface area (Å²) in [7, 11) is 0. The van der Waals surface area contributed by atoms with Crippen LogP contribution in [0, 0.1) is 11.8 Å². The largest absolute Gasteiger partial charge is 0.303 e. The van der Waals surface area contributed by atoms with Crippen LogP contribution in [0.2, 0.25) is 0 Å². The van der Waals surface area contributed by atoms with Gasteiger partial charge >= 0.3 is 0 Å². The van der Waals surface area contributed by atoms with Gasteiger partial charge < -0.3 is 4.90 Å². The van der Waals surface area contributed by atoms with Crippen LogP contribution in [0.5, 0.6) is 0 Å². The lowest BCUT2D eigenvalue weighted by Crippen LogP contribution is -2.38. The Morgan fingerprint density at radius 2 is 1.69 bits per heavy atom. The fourth-order valence-corrected chi connectivity index (χ4v) is 4.63. The van der Waals surface area contributed by atoms with Crippen molar-refractivity contribution in [3.8, 4) is 0 Å². The van der Waals surface area contributed by atoms with Crippen LogP contribution in [0.15, 0.2) is 12.4 Å². The first kappa shape index (κ1) is 19.5. The average molecular weight is 358 g/mol. The minimum Gasteiger partial charge on any atom is -0.303 e. The molecule has 0 radical (unpaired) electrons. The fraction of sp³-hybridized carbons (Fsp3) is 0.773. The molecule has 2 fully saturated rings. The van der Waals surface area contributed by atoms with Gasteiger partial charge in [-0.15, -0.1) is 0 Å². The topological polar surface area (TPSA) is 46.1 Å². The van der Waals surface area contributed by atoms with Gasteiger partial charge in [-0.2, -0.15) is 0 Å². The second-order valence-electron chi connectivity index (χ2n) is 8.64. The molecule has 4 heteroatoms. The lowest BCUT2D eigenvalue weighted by atomic mass is 9.79. The smallest absolute Gasteiger partial charge is 0.135 e. The van der Waals surface area contributed by atoms with Crippen molar-refractivity contribution in [1.82, 2.24) is 14.9 Å². The van der Waals surface area contributed by atoms with Crippen molar-refractivity contribution in [2.24, 2.45) is 11.8 Å². The van der Waals surface area contributed by atoms with Gasteiger partial charge in [-0.05, 0) is 69.0 Å². The first-order valence-corrected chi connectivity index (χ1v) is 10.6. The molecule has 2 aliphatic rings. The molecule has 0 bridgehead atoms. The van der Waals surface area contributed by atoms with E-state index in [2.05, 4.69) is 41.1 Å². The van der Waals surface area contributed by atoms with Crippen LogP contribution in [-0.2, 0) is 4.79 Å². The predicted molar refractivity (Wildman–Crippen MR) is 105 cm³/mol. The van der Waals surface area contributed by atoms with Gasteiger partial charge in [0.05, 0.1) is 0 Å². The maximum absolute atomic E-state index is 11.9. The minimum absolute atomic E-state index is 0.357. The Balaban J connectivity index is 1.42. The Morgan fingerprint density at radius 1 is 1.08 bits per heavy atom. The van der Waals surface area contributed by atoms with E-state index >= 15 is 0 Å². The second kappa shape index (κ2) is 9.07. The Kier molecular flexibility index (Phi) is 6.80. The maximum atomic E-state index is 11.9. The first-order valence-electron chi connectivity index (χ1n) is 10.6. The van der Waals surface area contributed by atoms with Crippen molar-refractivity contribution >= 4 is 5.78 Å². The van der Waals surface area contributed by atoms with Crippen LogP contribution in [0.1, 0.15) is 88.9 Å². The van der Waals surface area contributed by atoms with Gasteiger partial charge in [0.25, 0.3) is 0 Å². The molecular formula is C22H35N3O. The Labute approximate surface area is 158 Å². The Bertz CT molecular complexity index is 568. The SMILES string of the molecule is CCC(=O)C1CCC(CN2CCC(c3cnc(C(C)C)nc3)CC2)CC1. The molecule has 0 N–H and O–H groups in total. The number of aromatic nitrogens is 2. The number of carbonyl (C=O) groups is 1. The van der Waals surface area contributed by atoms with Crippen molar-refractivity contribution < 1.29 is 4.79 Å². The molecule has 0 aromatic carbocycles. The highest BCUT2D eigenvalue weighted by atomic mass is 16.1. The van der Waals surface area contributed by atoms with Crippen LogP contribution >= 0.6 is 0 Å². The molecule has 2 heterocycles. The van der Waals surface area contributed by atoms with Gasteiger partial charge in [0.15, 0.2) is 0 Å². The first-order chi connectivity index (χ1) is 12.6. The van der Waals surface area contributed by atoms with E-state index in [9.17, 15) is 4.79 Å². The van der Waals surface area contributed by atoms with E-state index in [1.165, 1.54) is 50.9 Å². The maximum Gasteiger partial charge on any atom is 0.135 e. The molecule has 1 saturated heterocycles. The van der Waals surface area contributed by atoms with E-state index < -0.39 is 0 Å². The number of carbonyl (C=O) groups excluding carboxylic acids is 1. The highest BCUT2D eigenvalue weighted by molar-refractivity contribution is 5.80. The summed E-state index contributed by atoms with van der Waals surface area (Å²) in [6.07, 6.45) is 12.0. The lowest BCUT2D eigenvalue weighted by molar-refractivity contribution is -0.123. The molecule has 1 aromatic rings. The number of piperidine rings is 1. The number of Topliss-reactive ketones (excluding diaryl/α,β-unsaturated/α-hetero) is 1. The summed E-state index contributed by atoms with van der Waals surface area (Å²) >= 11 is 0. The molecule has 1 aliphatic carbocycles. The number of ketones is 1. The van der Waals surface area contributed by atoms with Crippen molar-refractivity contribution in [2.45, 2.75) is 77.6 Å². The molecular weight excluding hydrogens is 322 g/mol. The molecule has 3 rings (SSSR count). The Morgan fingerprint density at radius 3 is 2.23 bits per heavy atom. The number of hydrogen-bond acceptors (Lipinski definition) is 4. The van der Waals surface area contributed by atoms with Gasteiger partial charge in [-0.3, -0.25) is 4.79 Å². The van der Waals surface area contributed by atoms with Gasteiger partial charge in [0.2, 0.25) is 0 Å². The summed E-state index contributed by atoms with van der Waals surface area (Å²) in [5.41, 5.74) is 1.31. The zero-order valence-electron chi connectivity index (χ0n) is 16.8. The molecule has 1 aliphatic heterocycles. The third kappa shape index (κ3) is 4.91. The zero-order chi connectivity index (χ0) is 18.5. The summed E-state index contributed by atoms with van der Waals surface area (Å²) in [6.45, 7) is 9.87. The van der Waals surface area contributed by atoms with Crippen molar-refractivity contribution in [2.75, 3.05) is 19.6 Å². The third-order valence-electron chi connectivity index (χ3n) is 6.43. The van der Waals surface area contributed by atoms with Gasteiger partial charge in [-0.25, -0.2) is 9.97 Å². The van der Waals surface area contributed by atoms with Crippen LogP contribution in [0.4, 0.5) is 0 Å². The van der Waals surface area contributed by atoms with Gasteiger partial charge in [0.1, 0.15) is 11.6 Å². The molecule has 26 heavy (non-hydrogen) atoms. The molecule has 0 atom stereocenters. The van der Waals surface area contributed by atoms with Crippen molar-refractivity contribution in [3.05, 3.63) is 23.8 Å². The van der Waals surface area contributed by atoms with Crippen LogP contribution in [-0.4, -0.2) is 40.3 Å². The minimum atomic E-state index is 0.357. The third-order valence-corrected chi connectivity index (χ3v) is 6.43. The highest BCUT2D eigenvalue weighted by Crippen LogP contribution is 2.33. The normalized spacial score (nSPS) is 25.5. The van der Waals surface area contributed by atoms with E-state index in [1.54, 1.807) is 0 Å². The fourth-order valence-electron chi connectivity index (χ4n) is 4.63. The predicted octanol–water partition coefficient (Wildman–Crippen LogP) is 4.56. The summed E-state index contributed by atoms with van der Waals surface area (Å²) < 4.78 is 0. The van der Waals surface area contributed by atoms with Crippen molar-refractivity contribution in [1.29, 1.82) is 0 Å². The summed E-state index contributed by atoms with van der Waals surface area (Å²) in [5.74, 6) is 3.59. The van der Waals surface area contributed by atoms with Crippen molar-refractivity contribution in [3.63, 3.8) is 0 Å². The monoisotopic (exact) mass is 357 g/mol. The highest BCUT2D eigenvalue weighted by Gasteiger charge is 2.28. The van der Waals surface area contributed by atoms with Gasteiger partial charge in [-0.1, -0.05) is 20.8 Å².